The van der Waals surface area contributed by atoms with Gasteiger partial charge in [-0.15, -0.1) is 0 Å². The summed E-state index contributed by atoms with van der Waals surface area (Å²) >= 11 is 0. The molecule has 1 aromatic heterocycles. The first-order chi connectivity index (χ1) is 14.8. The Labute approximate surface area is 184 Å². The number of nitrogens with zero attached hydrogens (tertiary/aromatic N) is 3. The maximum Gasteiger partial charge on any atom is 0.236 e. The maximum absolute atomic E-state index is 12.5. The zero-order valence-corrected chi connectivity index (χ0v) is 19.2. The second kappa shape index (κ2) is 9.78. The van der Waals surface area contributed by atoms with Gasteiger partial charge in [0.05, 0.1) is 5.75 Å². The molecule has 0 saturated heterocycles. The van der Waals surface area contributed by atoms with E-state index in [9.17, 15) is 8.42 Å². The van der Waals surface area contributed by atoms with Crippen molar-refractivity contribution in [2.45, 2.75) is 33.4 Å². The van der Waals surface area contributed by atoms with E-state index in [1.165, 1.54) is 0 Å². The van der Waals surface area contributed by atoms with Crippen molar-refractivity contribution in [3.05, 3.63) is 71.5 Å². The molecule has 0 amide bonds. The summed E-state index contributed by atoms with van der Waals surface area (Å²) in [6.45, 7) is 9.75. The second-order valence-corrected chi connectivity index (χ2v) is 9.10. The van der Waals surface area contributed by atoms with Gasteiger partial charge in [0, 0.05) is 30.5 Å². The minimum absolute atomic E-state index is 0.0678. The molecule has 0 saturated carbocycles. The molecule has 0 bridgehead atoms. The van der Waals surface area contributed by atoms with E-state index < -0.39 is 10.0 Å². The third kappa shape index (κ3) is 6.42. The smallest absolute Gasteiger partial charge is 0.236 e. The van der Waals surface area contributed by atoms with Gasteiger partial charge in [-0.05, 0) is 57.5 Å². The first kappa shape index (κ1) is 22.6. The SMILES string of the molecule is CCN(CC)c1cc(Nc2ccc(NS(=O)(=O)Cc3ccc(C)cc3)cc2)nc(C)n1. The molecule has 2 N–H and O–H groups in total. The maximum atomic E-state index is 12.5. The number of aromatic nitrogens is 2. The molecule has 0 fully saturated rings. The van der Waals surface area contributed by atoms with E-state index in [4.69, 9.17) is 0 Å². The van der Waals surface area contributed by atoms with E-state index in [1.54, 1.807) is 12.1 Å². The van der Waals surface area contributed by atoms with Crippen molar-refractivity contribution in [2.75, 3.05) is 28.0 Å². The predicted octanol–water partition coefficient (Wildman–Crippen LogP) is 4.63. The lowest BCUT2D eigenvalue weighted by Gasteiger charge is -2.20. The molecule has 0 aliphatic heterocycles. The number of hydrogen-bond acceptors (Lipinski definition) is 6. The molecule has 0 aliphatic rings. The first-order valence-electron chi connectivity index (χ1n) is 10.3. The van der Waals surface area contributed by atoms with Crippen LogP contribution in [0.25, 0.3) is 0 Å². The van der Waals surface area contributed by atoms with Crippen LogP contribution in [0.2, 0.25) is 0 Å². The summed E-state index contributed by atoms with van der Waals surface area (Å²) < 4.78 is 27.6. The molecule has 164 valence electrons. The quantitative estimate of drug-likeness (QED) is 0.506. The van der Waals surface area contributed by atoms with Crippen LogP contribution >= 0.6 is 0 Å². The van der Waals surface area contributed by atoms with Gasteiger partial charge in [0.15, 0.2) is 0 Å². The molecular weight excluding hydrogens is 410 g/mol. The summed E-state index contributed by atoms with van der Waals surface area (Å²) in [6, 6.07) is 16.5. The van der Waals surface area contributed by atoms with Crippen molar-refractivity contribution in [1.29, 1.82) is 0 Å². The van der Waals surface area contributed by atoms with Crippen molar-refractivity contribution in [3.8, 4) is 0 Å². The molecule has 0 aliphatic carbocycles. The van der Waals surface area contributed by atoms with Gasteiger partial charge >= 0.3 is 0 Å². The van der Waals surface area contributed by atoms with Crippen LogP contribution in [-0.4, -0.2) is 31.5 Å². The first-order valence-corrected chi connectivity index (χ1v) is 12.0. The highest BCUT2D eigenvalue weighted by Gasteiger charge is 2.12. The normalized spacial score (nSPS) is 11.2. The molecule has 0 radical (unpaired) electrons. The fraction of sp³-hybridized carbons (Fsp3) is 0.304. The molecule has 0 unspecified atom stereocenters. The minimum Gasteiger partial charge on any atom is -0.357 e. The summed E-state index contributed by atoms with van der Waals surface area (Å²) in [6.07, 6.45) is 0. The Morgan fingerprint density at radius 3 is 2.10 bits per heavy atom. The van der Waals surface area contributed by atoms with E-state index in [0.29, 0.717) is 17.3 Å². The lowest BCUT2D eigenvalue weighted by Crippen LogP contribution is -2.23. The van der Waals surface area contributed by atoms with Gasteiger partial charge in [0.1, 0.15) is 17.5 Å². The Kier molecular flexibility index (Phi) is 7.12. The Bertz CT molecular complexity index is 1110. The summed E-state index contributed by atoms with van der Waals surface area (Å²) in [7, 11) is -3.50. The van der Waals surface area contributed by atoms with Crippen LogP contribution in [-0.2, 0) is 15.8 Å². The average Bonchev–Trinajstić information content (AvgIpc) is 2.71. The van der Waals surface area contributed by atoms with Crippen LogP contribution < -0.4 is 14.9 Å². The number of hydrogen-bond donors (Lipinski definition) is 2. The zero-order chi connectivity index (χ0) is 22.4. The van der Waals surface area contributed by atoms with Gasteiger partial charge in [-0.1, -0.05) is 29.8 Å². The molecule has 31 heavy (non-hydrogen) atoms. The van der Waals surface area contributed by atoms with Gasteiger partial charge < -0.3 is 10.2 Å². The van der Waals surface area contributed by atoms with Crippen molar-refractivity contribution in [3.63, 3.8) is 0 Å². The highest BCUT2D eigenvalue weighted by molar-refractivity contribution is 7.91. The zero-order valence-electron chi connectivity index (χ0n) is 18.4. The topological polar surface area (TPSA) is 87.2 Å². The van der Waals surface area contributed by atoms with E-state index in [2.05, 4.69) is 38.8 Å². The lowest BCUT2D eigenvalue weighted by molar-refractivity contribution is 0.600. The van der Waals surface area contributed by atoms with Gasteiger partial charge in [0.2, 0.25) is 10.0 Å². The number of nitrogens with one attached hydrogen (secondary N) is 2. The standard InChI is InChI=1S/C23H29N5O2S/c1-5-28(6-2)23-15-22(24-18(4)25-23)26-20-11-13-21(14-12-20)27-31(29,30)16-19-9-7-17(3)8-10-19/h7-15,27H,5-6,16H2,1-4H3,(H,24,25,26). The third-order valence-corrected chi connectivity index (χ3v) is 6.08. The van der Waals surface area contributed by atoms with Crippen LogP contribution in [0.3, 0.4) is 0 Å². The summed E-state index contributed by atoms with van der Waals surface area (Å²) in [5.74, 6) is 2.19. The van der Waals surface area contributed by atoms with Gasteiger partial charge in [-0.3, -0.25) is 4.72 Å². The molecule has 7 nitrogen and oxygen atoms in total. The number of rotatable bonds is 9. The number of anilines is 4. The molecular formula is C23H29N5O2S. The Hall–Kier alpha value is -3.13. The summed E-state index contributed by atoms with van der Waals surface area (Å²) in [5.41, 5.74) is 3.17. The van der Waals surface area contributed by atoms with Gasteiger partial charge in [0.25, 0.3) is 0 Å². The Morgan fingerprint density at radius 2 is 1.48 bits per heavy atom. The Balaban J connectivity index is 1.68. The third-order valence-electron chi connectivity index (χ3n) is 4.82. The van der Waals surface area contributed by atoms with Crippen LogP contribution in [0.15, 0.2) is 54.6 Å². The Morgan fingerprint density at radius 1 is 0.871 bits per heavy atom. The molecule has 1 heterocycles. The van der Waals surface area contributed by atoms with Crippen molar-refractivity contribution in [1.82, 2.24) is 9.97 Å². The van der Waals surface area contributed by atoms with E-state index >= 15 is 0 Å². The lowest BCUT2D eigenvalue weighted by atomic mass is 10.2. The van der Waals surface area contributed by atoms with E-state index in [1.807, 2.05) is 56.3 Å². The monoisotopic (exact) mass is 439 g/mol. The molecule has 2 aromatic carbocycles. The number of aryl methyl sites for hydroxylation is 2. The molecule has 3 rings (SSSR count). The largest absolute Gasteiger partial charge is 0.357 e. The minimum atomic E-state index is -3.50. The van der Waals surface area contributed by atoms with Crippen molar-refractivity contribution >= 4 is 33.0 Å². The van der Waals surface area contributed by atoms with Crippen LogP contribution in [0.5, 0.6) is 0 Å². The molecule has 8 heteroatoms. The van der Waals surface area contributed by atoms with Crippen molar-refractivity contribution < 1.29 is 8.42 Å². The predicted molar refractivity (Wildman–Crippen MR) is 127 cm³/mol. The van der Waals surface area contributed by atoms with Crippen molar-refractivity contribution in [2.24, 2.45) is 0 Å². The van der Waals surface area contributed by atoms with E-state index in [-0.39, 0.29) is 5.75 Å². The van der Waals surface area contributed by atoms with Crippen LogP contribution in [0, 0.1) is 13.8 Å². The molecule has 0 atom stereocenters. The van der Waals surface area contributed by atoms with Gasteiger partial charge in [-0.2, -0.15) is 0 Å². The fourth-order valence-electron chi connectivity index (χ4n) is 3.21. The summed E-state index contributed by atoms with van der Waals surface area (Å²) in [5, 5.41) is 3.27. The van der Waals surface area contributed by atoms with Crippen LogP contribution in [0.4, 0.5) is 23.0 Å². The molecule has 0 spiro atoms. The number of benzene rings is 2. The van der Waals surface area contributed by atoms with Crippen LogP contribution in [0.1, 0.15) is 30.8 Å². The number of sulfonamides is 1. The van der Waals surface area contributed by atoms with E-state index in [0.717, 1.165) is 35.7 Å². The van der Waals surface area contributed by atoms with Gasteiger partial charge in [-0.25, -0.2) is 18.4 Å². The second-order valence-electron chi connectivity index (χ2n) is 7.38. The highest BCUT2D eigenvalue weighted by atomic mass is 32.2. The summed E-state index contributed by atoms with van der Waals surface area (Å²) in [4.78, 5) is 11.1. The molecule has 3 aromatic rings. The highest BCUT2D eigenvalue weighted by Crippen LogP contribution is 2.22. The average molecular weight is 440 g/mol. The fourth-order valence-corrected chi connectivity index (χ4v) is 4.41.